The number of unbranched alkanes of at least 4 members (excludes halogenated alkanes) is 1. The number of carbonyl (C=O) groups is 3. The molecule has 2 heterocycles. The lowest BCUT2D eigenvalue weighted by Gasteiger charge is -2.38. The summed E-state index contributed by atoms with van der Waals surface area (Å²) in [5.41, 5.74) is 1.87. The van der Waals surface area contributed by atoms with E-state index in [1.54, 1.807) is 0 Å². The van der Waals surface area contributed by atoms with Gasteiger partial charge in [-0.15, -0.1) is 0 Å². The van der Waals surface area contributed by atoms with Crippen LogP contribution in [0.4, 0.5) is 5.69 Å². The Kier molecular flexibility index (Phi) is 8.83. The highest BCUT2D eigenvalue weighted by molar-refractivity contribution is 6.05. The Bertz CT molecular complexity index is 988. The van der Waals surface area contributed by atoms with Gasteiger partial charge in [-0.2, -0.15) is 0 Å². The molecule has 1 saturated carbocycles. The van der Waals surface area contributed by atoms with Crippen LogP contribution in [0.1, 0.15) is 83.6 Å². The summed E-state index contributed by atoms with van der Waals surface area (Å²) in [5.74, 6) is 1.14. The number of amides is 2. The standard InChI is InChI=1S/C27H38N4O5/c1-3-9-26(34)36-19(2)31(21-10-5-4-6-11-21)25(33)12-7-8-15-35-22-13-14-23-20(16-22)17-30-18-24(32)29-27(30)28-23/h13-14,16,19,21H,3-12,15,17-18H2,1-2H3,(H,28,29,32). The Labute approximate surface area is 213 Å². The van der Waals surface area contributed by atoms with Crippen LogP contribution >= 0.6 is 0 Å². The van der Waals surface area contributed by atoms with Crippen molar-refractivity contribution in [3.63, 3.8) is 0 Å². The Balaban J connectivity index is 1.25. The van der Waals surface area contributed by atoms with Crippen LogP contribution in [0.2, 0.25) is 0 Å². The predicted octanol–water partition coefficient (Wildman–Crippen LogP) is 4.02. The molecule has 0 spiro atoms. The van der Waals surface area contributed by atoms with Gasteiger partial charge in [-0.3, -0.25) is 19.7 Å². The Morgan fingerprint density at radius 2 is 1.97 bits per heavy atom. The Morgan fingerprint density at radius 1 is 1.17 bits per heavy atom. The van der Waals surface area contributed by atoms with Gasteiger partial charge in [0.25, 0.3) is 0 Å². The molecule has 9 heteroatoms. The van der Waals surface area contributed by atoms with E-state index in [0.717, 1.165) is 55.5 Å². The summed E-state index contributed by atoms with van der Waals surface area (Å²) in [6.45, 7) is 5.22. The summed E-state index contributed by atoms with van der Waals surface area (Å²) < 4.78 is 11.5. The summed E-state index contributed by atoms with van der Waals surface area (Å²) in [7, 11) is 0. The molecule has 3 aliphatic rings. The molecule has 1 aromatic rings. The number of guanidine groups is 1. The van der Waals surface area contributed by atoms with Gasteiger partial charge in [0.2, 0.25) is 17.8 Å². The van der Waals surface area contributed by atoms with Crippen LogP contribution in [0, 0.1) is 0 Å². The van der Waals surface area contributed by atoms with E-state index in [1.807, 2.05) is 41.8 Å². The van der Waals surface area contributed by atoms with Crippen molar-refractivity contribution in [2.75, 3.05) is 13.2 Å². The molecule has 1 aromatic carbocycles. The van der Waals surface area contributed by atoms with Crippen molar-refractivity contribution in [2.24, 2.45) is 4.99 Å². The van der Waals surface area contributed by atoms with Crippen LogP contribution in [-0.2, 0) is 25.7 Å². The van der Waals surface area contributed by atoms with Gasteiger partial charge in [0.1, 0.15) is 12.3 Å². The highest BCUT2D eigenvalue weighted by atomic mass is 16.6. The van der Waals surface area contributed by atoms with Crippen LogP contribution in [0.5, 0.6) is 5.75 Å². The minimum atomic E-state index is -0.532. The SMILES string of the molecule is CCCC(=O)OC(C)N(C(=O)CCCCOc1ccc2c(c1)CN1CC(=O)NC1=N2)C1CCCCC1. The number of rotatable bonds is 11. The van der Waals surface area contributed by atoms with E-state index in [9.17, 15) is 14.4 Å². The zero-order valence-electron chi connectivity index (χ0n) is 21.5. The topological polar surface area (TPSA) is 101 Å². The van der Waals surface area contributed by atoms with Gasteiger partial charge in [0.05, 0.1) is 12.3 Å². The zero-order chi connectivity index (χ0) is 25.5. The first-order valence-corrected chi connectivity index (χ1v) is 13.3. The van der Waals surface area contributed by atoms with Gasteiger partial charge in [-0.1, -0.05) is 26.2 Å². The number of ether oxygens (including phenoxy) is 2. The van der Waals surface area contributed by atoms with Crippen LogP contribution in [0.3, 0.4) is 0 Å². The van der Waals surface area contributed by atoms with E-state index in [0.29, 0.717) is 44.9 Å². The number of esters is 1. The normalized spacial score (nSPS) is 18.0. The molecule has 0 radical (unpaired) electrons. The lowest BCUT2D eigenvalue weighted by molar-refractivity contribution is -0.167. The monoisotopic (exact) mass is 498 g/mol. The maximum absolute atomic E-state index is 13.2. The molecule has 0 bridgehead atoms. The number of hydrogen-bond donors (Lipinski definition) is 1. The van der Waals surface area contributed by atoms with Crippen molar-refractivity contribution in [3.8, 4) is 5.75 Å². The molecule has 1 unspecified atom stereocenters. The average Bonchev–Trinajstić information content (AvgIpc) is 3.21. The maximum atomic E-state index is 13.2. The molecular weight excluding hydrogens is 460 g/mol. The van der Waals surface area contributed by atoms with Crippen molar-refractivity contribution in [1.29, 1.82) is 0 Å². The summed E-state index contributed by atoms with van der Waals surface area (Å²) in [4.78, 5) is 45.1. The molecule has 4 rings (SSSR count). The van der Waals surface area contributed by atoms with Crippen molar-refractivity contribution >= 4 is 29.4 Å². The van der Waals surface area contributed by atoms with Crippen molar-refractivity contribution in [1.82, 2.24) is 15.1 Å². The lowest BCUT2D eigenvalue weighted by Crippen LogP contribution is -2.48. The van der Waals surface area contributed by atoms with E-state index in [4.69, 9.17) is 9.47 Å². The average molecular weight is 499 g/mol. The smallest absolute Gasteiger partial charge is 0.307 e. The van der Waals surface area contributed by atoms with E-state index >= 15 is 0 Å². The number of nitrogens with one attached hydrogen (secondary N) is 1. The number of carbonyl (C=O) groups excluding carboxylic acids is 3. The molecule has 2 aliphatic heterocycles. The van der Waals surface area contributed by atoms with Gasteiger partial charge in [-0.25, -0.2) is 4.99 Å². The van der Waals surface area contributed by atoms with E-state index in [-0.39, 0.29) is 23.8 Å². The van der Waals surface area contributed by atoms with E-state index < -0.39 is 6.23 Å². The van der Waals surface area contributed by atoms with Crippen LogP contribution in [-0.4, -0.2) is 59.0 Å². The third kappa shape index (κ3) is 6.56. The number of aliphatic imine (C=N–C) groups is 1. The molecule has 196 valence electrons. The van der Waals surface area contributed by atoms with E-state index in [1.165, 1.54) is 6.42 Å². The number of nitrogens with zero attached hydrogens (tertiary/aromatic N) is 3. The molecule has 1 aliphatic carbocycles. The second-order valence-corrected chi connectivity index (χ2v) is 9.87. The van der Waals surface area contributed by atoms with Crippen molar-refractivity contribution in [3.05, 3.63) is 23.8 Å². The molecule has 2 fully saturated rings. The van der Waals surface area contributed by atoms with Gasteiger partial charge in [0.15, 0.2) is 6.23 Å². The Morgan fingerprint density at radius 3 is 2.75 bits per heavy atom. The highest BCUT2D eigenvalue weighted by Crippen LogP contribution is 2.30. The molecule has 1 N–H and O–H groups in total. The predicted molar refractivity (Wildman–Crippen MR) is 136 cm³/mol. The van der Waals surface area contributed by atoms with Crippen molar-refractivity contribution in [2.45, 2.75) is 96.9 Å². The van der Waals surface area contributed by atoms with Gasteiger partial charge < -0.3 is 19.3 Å². The van der Waals surface area contributed by atoms with Crippen molar-refractivity contribution < 1.29 is 23.9 Å². The molecule has 36 heavy (non-hydrogen) atoms. The zero-order valence-corrected chi connectivity index (χ0v) is 21.5. The second kappa shape index (κ2) is 12.2. The Hall–Kier alpha value is -3.10. The minimum absolute atomic E-state index is 0.0388. The molecule has 9 nitrogen and oxygen atoms in total. The van der Waals surface area contributed by atoms with Gasteiger partial charge in [0, 0.05) is 31.0 Å². The fourth-order valence-electron chi connectivity index (χ4n) is 5.20. The first-order valence-electron chi connectivity index (χ1n) is 13.3. The molecular formula is C27H38N4O5. The summed E-state index contributed by atoms with van der Waals surface area (Å²) in [6, 6.07) is 5.91. The fourth-order valence-corrected chi connectivity index (χ4v) is 5.20. The summed E-state index contributed by atoms with van der Waals surface area (Å²) in [6.07, 6.45) is 7.79. The maximum Gasteiger partial charge on any atom is 0.307 e. The number of benzene rings is 1. The molecule has 1 saturated heterocycles. The highest BCUT2D eigenvalue weighted by Gasteiger charge is 2.31. The van der Waals surface area contributed by atoms with Gasteiger partial charge >= 0.3 is 5.97 Å². The van der Waals surface area contributed by atoms with E-state index in [2.05, 4.69) is 10.3 Å². The lowest BCUT2D eigenvalue weighted by atomic mass is 9.93. The largest absolute Gasteiger partial charge is 0.494 e. The second-order valence-electron chi connectivity index (χ2n) is 9.87. The summed E-state index contributed by atoms with van der Waals surface area (Å²) in [5, 5.41) is 2.77. The third-order valence-electron chi connectivity index (χ3n) is 6.98. The first-order chi connectivity index (χ1) is 17.4. The van der Waals surface area contributed by atoms with Crippen LogP contribution < -0.4 is 10.1 Å². The number of hydrogen-bond acceptors (Lipinski definition) is 7. The summed E-state index contributed by atoms with van der Waals surface area (Å²) >= 11 is 0. The first kappa shape index (κ1) is 26.0. The molecule has 0 aromatic heterocycles. The van der Waals surface area contributed by atoms with Gasteiger partial charge in [-0.05, 0) is 57.2 Å². The number of fused-ring (bicyclic) bond motifs is 2. The molecule has 2 amide bonds. The quantitative estimate of drug-likeness (QED) is 0.281. The fraction of sp³-hybridized carbons (Fsp3) is 0.630. The molecule has 1 atom stereocenters. The van der Waals surface area contributed by atoms with Crippen LogP contribution in [0.15, 0.2) is 23.2 Å². The van der Waals surface area contributed by atoms with Crippen LogP contribution in [0.25, 0.3) is 0 Å². The minimum Gasteiger partial charge on any atom is -0.494 e. The third-order valence-corrected chi connectivity index (χ3v) is 6.98.